The molecule has 4 heterocycles. The molecule has 0 amide bonds. The third-order valence-corrected chi connectivity index (χ3v) is 7.42. The van der Waals surface area contributed by atoms with Crippen LogP contribution in [0.2, 0.25) is 0 Å². The second-order valence-corrected chi connectivity index (χ2v) is 9.99. The summed E-state index contributed by atoms with van der Waals surface area (Å²) in [6, 6.07) is 45.3. The van der Waals surface area contributed by atoms with Crippen molar-refractivity contribution in [3.05, 3.63) is 140 Å². The Morgan fingerprint density at radius 3 is 1.78 bits per heavy atom. The molecule has 0 N–H and O–H groups in total. The van der Waals surface area contributed by atoms with Crippen molar-refractivity contribution in [2.45, 2.75) is 0 Å². The summed E-state index contributed by atoms with van der Waals surface area (Å²) >= 11 is 0. The molecule has 41 heavy (non-hydrogen) atoms. The van der Waals surface area contributed by atoms with Crippen molar-refractivity contribution in [1.82, 2.24) is 24.3 Å². The lowest BCUT2D eigenvalue weighted by Gasteiger charge is -2.11. The van der Waals surface area contributed by atoms with Crippen LogP contribution in [0.25, 0.3) is 72.7 Å². The van der Waals surface area contributed by atoms with Gasteiger partial charge in [-0.3, -0.25) is 4.40 Å². The minimum Gasteiger partial charge on any atom is -0.284 e. The molecule has 192 valence electrons. The van der Waals surface area contributed by atoms with Crippen molar-refractivity contribution in [1.29, 1.82) is 0 Å². The number of benzene rings is 4. The van der Waals surface area contributed by atoms with Crippen molar-refractivity contribution in [2.24, 2.45) is 0 Å². The molecule has 0 atom stereocenters. The number of imidazole rings is 1. The zero-order valence-electron chi connectivity index (χ0n) is 22.0. The highest BCUT2D eigenvalue weighted by Crippen LogP contribution is 2.34. The van der Waals surface area contributed by atoms with Crippen LogP contribution in [-0.2, 0) is 0 Å². The van der Waals surface area contributed by atoms with E-state index >= 15 is 0 Å². The fourth-order valence-electron chi connectivity index (χ4n) is 5.45. The summed E-state index contributed by atoms with van der Waals surface area (Å²) in [6.07, 6.45) is 2.01. The van der Waals surface area contributed by atoms with Crippen LogP contribution < -0.4 is 0 Å². The number of nitrogens with zero attached hydrogens (tertiary/aromatic N) is 5. The van der Waals surface area contributed by atoms with Gasteiger partial charge in [-0.2, -0.15) is 0 Å². The van der Waals surface area contributed by atoms with E-state index in [0.717, 1.165) is 66.9 Å². The van der Waals surface area contributed by atoms with Crippen LogP contribution in [0.3, 0.4) is 0 Å². The van der Waals surface area contributed by atoms with Crippen molar-refractivity contribution in [3.63, 3.8) is 0 Å². The highest BCUT2D eigenvalue weighted by molar-refractivity contribution is 6.09. The van der Waals surface area contributed by atoms with Crippen LogP contribution in [-0.4, -0.2) is 24.3 Å². The first-order valence-corrected chi connectivity index (χ1v) is 13.6. The first-order valence-electron chi connectivity index (χ1n) is 13.6. The van der Waals surface area contributed by atoms with Crippen molar-refractivity contribution >= 4 is 27.6 Å². The molecule has 0 fully saturated rings. The minimum atomic E-state index is 0.673. The Labute approximate surface area is 236 Å². The first-order chi connectivity index (χ1) is 20.3. The monoisotopic (exact) mass is 525 g/mol. The van der Waals surface area contributed by atoms with Crippen molar-refractivity contribution in [2.75, 3.05) is 0 Å². The summed E-state index contributed by atoms with van der Waals surface area (Å²) in [5, 5.41) is 2.14. The number of pyridine rings is 2. The average molecular weight is 526 g/mol. The third kappa shape index (κ3) is 4.03. The SMILES string of the molecule is c1ccc(-c2cc(-c3ccccc3)nc(-c3cccc(-c4nc5c(nc6ccccn65)c5ccccc45)c3)n2)cc1. The van der Waals surface area contributed by atoms with Gasteiger partial charge in [-0.15, -0.1) is 0 Å². The molecule has 0 unspecified atom stereocenters. The number of hydrogen-bond acceptors (Lipinski definition) is 4. The highest BCUT2D eigenvalue weighted by atomic mass is 15.1. The number of aromatic nitrogens is 5. The zero-order chi connectivity index (χ0) is 27.2. The molecule has 0 saturated carbocycles. The smallest absolute Gasteiger partial charge is 0.165 e. The van der Waals surface area contributed by atoms with Crippen LogP contribution in [0.15, 0.2) is 140 Å². The highest BCUT2D eigenvalue weighted by Gasteiger charge is 2.16. The van der Waals surface area contributed by atoms with Crippen LogP contribution in [0.4, 0.5) is 0 Å². The number of rotatable bonds is 4. The Hall–Kier alpha value is -5.68. The summed E-state index contributed by atoms with van der Waals surface area (Å²) < 4.78 is 2.05. The minimum absolute atomic E-state index is 0.673. The number of fused-ring (bicyclic) bond motifs is 5. The molecular weight excluding hydrogens is 502 g/mol. The summed E-state index contributed by atoms with van der Waals surface area (Å²) in [5.41, 5.74) is 9.33. The van der Waals surface area contributed by atoms with Gasteiger partial charge in [0.1, 0.15) is 11.2 Å². The standard InChI is InChI=1S/C36H23N5/c1-3-12-24(13-4-1)30-23-31(25-14-5-2-6-15-25)38-35(37-30)27-17-11-16-26(22-27)33-28-18-7-8-19-29(28)34-36(40-33)41-21-10-9-20-32(41)39-34/h1-23H. The van der Waals surface area contributed by atoms with Crippen LogP contribution in [0.1, 0.15) is 0 Å². The second-order valence-electron chi connectivity index (χ2n) is 9.99. The van der Waals surface area contributed by atoms with E-state index in [4.69, 9.17) is 19.9 Å². The predicted molar refractivity (Wildman–Crippen MR) is 165 cm³/mol. The molecule has 0 saturated heterocycles. The molecule has 5 nitrogen and oxygen atoms in total. The molecular formula is C36H23N5. The maximum Gasteiger partial charge on any atom is 0.165 e. The lowest BCUT2D eigenvalue weighted by molar-refractivity contribution is 1.18. The van der Waals surface area contributed by atoms with E-state index < -0.39 is 0 Å². The molecule has 8 rings (SSSR count). The van der Waals surface area contributed by atoms with E-state index in [2.05, 4.69) is 78.9 Å². The Balaban J connectivity index is 1.34. The average Bonchev–Trinajstić information content (AvgIpc) is 3.44. The van der Waals surface area contributed by atoms with Crippen molar-refractivity contribution < 1.29 is 0 Å². The first kappa shape index (κ1) is 23.2. The summed E-state index contributed by atoms with van der Waals surface area (Å²) in [5.74, 6) is 0.673. The van der Waals surface area contributed by atoms with Crippen molar-refractivity contribution in [3.8, 4) is 45.2 Å². The largest absolute Gasteiger partial charge is 0.284 e. The third-order valence-electron chi connectivity index (χ3n) is 7.42. The zero-order valence-corrected chi connectivity index (χ0v) is 22.0. The molecule has 0 aliphatic rings. The maximum atomic E-state index is 5.19. The van der Waals surface area contributed by atoms with Gasteiger partial charge in [-0.25, -0.2) is 19.9 Å². The van der Waals surface area contributed by atoms with E-state index in [9.17, 15) is 0 Å². The van der Waals surface area contributed by atoms with E-state index in [1.807, 2.05) is 65.2 Å². The van der Waals surface area contributed by atoms with E-state index in [-0.39, 0.29) is 0 Å². The molecule has 4 aromatic heterocycles. The van der Waals surface area contributed by atoms with Gasteiger partial charge in [0.25, 0.3) is 0 Å². The van der Waals surface area contributed by atoms with Gasteiger partial charge in [-0.05, 0) is 24.3 Å². The van der Waals surface area contributed by atoms with Gasteiger partial charge in [0.15, 0.2) is 11.5 Å². The molecule has 0 bridgehead atoms. The Morgan fingerprint density at radius 1 is 0.439 bits per heavy atom. The maximum absolute atomic E-state index is 5.19. The van der Waals surface area contributed by atoms with E-state index in [1.165, 1.54) is 0 Å². The van der Waals surface area contributed by atoms with Crippen LogP contribution >= 0.6 is 0 Å². The normalized spacial score (nSPS) is 11.4. The Morgan fingerprint density at radius 2 is 1.05 bits per heavy atom. The lowest BCUT2D eigenvalue weighted by atomic mass is 10.0. The predicted octanol–water partition coefficient (Wildman–Crippen LogP) is 8.49. The molecule has 0 aliphatic heterocycles. The molecule has 0 radical (unpaired) electrons. The quantitative estimate of drug-likeness (QED) is 0.231. The molecule has 8 aromatic rings. The molecule has 0 spiro atoms. The summed E-state index contributed by atoms with van der Waals surface area (Å²) in [6.45, 7) is 0. The second kappa shape index (κ2) is 9.50. The Kier molecular flexibility index (Phi) is 5.38. The van der Waals surface area contributed by atoms with Gasteiger partial charge in [0, 0.05) is 39.2 Å². The van der Waals surface area contributed by atoms with E-state index in [1.54, 1.807) is 0 Å². The Bertz CT molecular complexity index is 2140. The lowest BCUT2D eigenvalue weighted by Crippen LogP contribution is -1.96. The fraction of sp³-hybridized carbons (Fsp3) is 0. The fourth-order valence-corrected chi connectivity index (χ4v) is 5.45. The van der Waals surface area contributed by atoms with E-state index in [0.29, 0.717) is 5.82 Å². The van der Waals surface area contributed by atoms with Gasteiger partial charge in [0.2, 0.25) is 0 Å². The molecule has 0 aliphatic carbocycles. The molecule has 4 aromatic carbocycles. The topological polar surface area (TPSA) is 56.0 Å². The summed E-state index contributed by atoms with van der Waals surface area (Å²) in [4.78, 5) is 20.2. The molecule has 5 heteroatoms. The van der Waals surface area contributed by atoms with Gasteiger partial charge < -0.3 is 0 Å². The van der Waals surface area contributed by atoms with Gasteiger partial charge in [-0.1, -0.05) is 109 Å². The number of hydrogen-bond donors (Lipinski definition) is 0. The summed E-state index contributed by atoms with van der Waals surface area (Å²) in [7, 11) is 0. The van der Waals surface area contributed by atoms with Crippen LogP contribution in [0, 0.1) is 0 Å². The van der Waals surface area contributed by atoms with Crippen LogP contribution in [0.5, 0.6) is 0 Å². The van der Waals surface area contributed by atoms with Gasteiger partial charge >= 0.3 is 0 Å². The van der Waals surface area contributed by atoms with Gasteiger partial charge in [0.05, 0.1) is 17.1 Å².